The Morgan fingerprint density at radius 2 is 1.81 bits per heavy atom. The molecule has 0 aromatic heterocycles. The van der Waals surface area contributed by atoms with Gasteiger partial charge >= 0.3 is 0 Å². The van der Waals surface area contributed by atoms with Gasteiger partial charge in [-0.05, 0) is 0 Å². The summed E-state index contributed by atoms with van der Waals surface area (Å²) in [6.45, 7) is 9.15. The van der Waals surface area contributed by atoms with Gasteiger partial charge in [0.25, 0.3) is 0 Å². The van der Waals surface area contributed by atoms with Crippen LogP contribution >= 0.6 is 0 Å². The number of hydrogen-bond acceptors (Lipinski definition) is 5. The summed E-state index contributed by atoms with van der Waals surface area (Å²) in [5, 5.41) is 3.38. The first kappa shape index (κ1) is 10.9. The first-order valence-electron chi connectivity index (χ1n) is 6.31. The zero-order valence-corrected chi connectivity index (χ0v) is 9.73. The molecule has 1 unspecified atom stereocenters. The fourth-order valence-corrected chi connectivity index (χ4v) is 2.68. The van der Waals surface area contributed by atoms with Crippen LogP contribution in [0.3, 0.4) is 0 Å². The number of hydrogen-bond donors (Lipinski definition) is 1. The van der Waals surface area contributed by atoms with Crippen LogP contribution in [0.25, 0.3) is 0 Å². The van der Waals surface area contributed by atoms with Gasteiger partial charge in [0.1, 0.15) is 6.23 Å². The summed E-state index contributed by atoms with van der Waals surface area (Å²) in [6, 6.07) is 0.731. The lowest BCUT2D eigenvalue weighted by atomic mass is 10.1. The van der Waals surface area contributed by atoms with Gasteiger partial charge in [-0.2, -0.15) is 0 Å². The highest BCUT2D eigenvalue weighted by Gasteiger charge is 2.37. The van der Waals surface area contributed by atoms with Gasteiger partial charge in [-0.25, -0.2) is 0 Å². The Morgan fingerprint density at radius 3 is 2.50 bits per heavy atom. The fourth-order valence-electron chi connectivity index (χ4n) is 2.68. The first-order valence-corrected chi connectivity index (χ1v) is 6.31. The molecule has 3 heterocycles. The first-order chi connectivity index (χ1) is 7.93. The summed E-state index contributed by atoms with van der Waals surface area (Å²) in [6.07, 6.45) is 0.311. The van der Waals surface area contributed by atoms with Crippen LogP contribution in [-0.4, -0.2) is 81.2 Å². The minimum absolute atomic E-state index is 0.311. The van der Waals surface area contributed by atoms with E-state index in [2.05, 4.69) is 15.1 Å². The summed E-state index contributed by atoms with van der Waals surface area (Å²) in [7, 11) is 0. The zero-order valence-electron chi connectivity index (χ0n) is 9.73. The van der Waals surface area contributed by atoms with Crippen LogP contribution in [0.15, 0.2) is 0 Å². The van der Waals surface area contributed by atoms with Gasteiger partial charge in [0.15, 0.2) is 0 Å². The van der Waals surface area contributed by atoms with E-state index in [1.807, 2.05) is 0 Å². The summed E-state index contributed by atoms with van der Waals surface area (Å²) in [5.74, 6) is 0. The predicted octanol–water partition coefficient (Wildman–Crippen LogP) is -1.05. The summed E-state index contributed by atoms with van der Waals surface area (Å²) in [4.78, 5) is 4.99. The smallest absolute Gasteiger partial charge is 0.123 e. The van der Waals surface area contributed by atoms with Gasteiger partial charge < -0.3 is 14.8 Å². The van der Waals surface area contributed by atoms with Crippen molar-refractivity contribution in [3.63, 3.8) is 0 Å². The van der Waals surface area contributed by atoms with Crippen molar-refractivity contribution in [2.45, 2.75) is 12.3 Å². The Morgan fingerprint density at radius 1 is 1.00 bits per heavy atom. The van der Waals surface area contributed by atoms with Crippen molar-refractivity contribution in [2.24, 2.45) is 0 Å². The maximum absolute atomic E-state index is 5.74. The van der Waals surface area contributed by atoms with E-state index in [-0.39, 0.29) is 0 Å². The maximum Gasteiger partial charge on any atom is 0.123 e. The minimum Gasteiger partial charge on any atom is -0.379 e. The number of ether oxygens (including phenoxy) is 2. The average molecular weight is 227 g/mol. The molecule has 0 aromatic rings. The van der Waals surface area contributed by atoms with E-state index in [1.165, 1.54) is 0 Å². The fraction of sp³-hybridized carbons (Fsp3) is 1.00. The van der Waals surface area contributed by atoms with Gasteiger partial charge in [-0.3, -0.25) is 9.80 Å². The molecule has 0 aliphatic carbocycles. The number of morpholine rings is 2. The van der Waals surface area contributed by atoms with Crippen molar-refractivity contribution in [2.75, 3.05) is 59.1 Å². The highest BCUT2D eigenvalue weighted by Crippen LogP contribution is 2.19. The number of likely N-dealkylation sites (tertiary alicyclic amines) is 1. The molecule has 5 heteroatoms. The quantitative estimate of drug-likeness (QED) is 0.651. The molecule has 5 nitrogen and oxygen atoms in total. The standard InChI is InChI=1S/C11H21N3O2/c1-4-16-11(7-12-1)14-8-10(9-14)13-2-5-15-6-3-13/h10-12H,1-9H2. The molecular formula is C11H21N3O2. The number of nitrogens with one attached hydrogen (secondary N) is 1. The lowest BCUT2D eigenvalue weighted by Crippen LogP contribution is -2.66. The molecule has 0 saturated carbocycles. The molecule has 1 atom stereocenters. The van der Waals surface area contributed by atoms with Crippen molar-refractivity contribution >= 4 is 0 Å². The second-order valence-electron chi connectivity index (χ2n) is 4.79. The normalized spacial score (nSPS) is 34.9. The van der Waals surface area contributed by atoms with Crippen LogP contribution in [0.4, 0.5) is 0 Å². The van der Waals surface area contributed by atoms with E-state index in [9.17, 15) is 0 Å². The molecular weight excluding hydrogens is 206 g/mol. The van der Waals surface area contributed by atoms with Gasteiger partial charge in [0.2, 0.25) is 0 Å². The summed E-state index contributed by atoms with van der Waals surface area (Å²) >= 11 is 0. The predicted molar refractivity (Wildman–Crippen MR) is 60.4 cm³/mol. The molecule has 0 amide bonds. The van der Waals surface area contributed by atoms with Crippen LogP contribution in [0.1, 0.15) is 0 Å². The van der Waals surface area contributed by atoms with E-state index in [4.69, 9.17) is 9.47 Å². The number of nitrogens with zero attached hydrogens (tertiary/aromatic N) is 2. The summed E-state index contributed by atoms with van der Waals surface area (Å²) < 4.78 is 11.1. The van der Waals surface area contributed by atoms with E-state index >= 15 is 0 Å². The molecule has 92 valence electrons. The SMILES string of the molecule is C1COC(N2CC(N3CCOCC3)C2)CN1. The third-order valence-electron chi connectivity index (χ3n) is 3.77. The van der Waals surface area contributed by atoms with Gasteiger partial charge in [0, 0.05) is 45.3 Å². The molecule has 3 aliphatic rings. The van der Waals surface area contributed by atoms with Crippen molar-refractivity contribution in [3.05, 3.63) is 0 Å². The van der Waals surface area contributed by atoms with Crippen LogP contribution in [0.5, 0.6) is 0 Å². The van der Waals surface area contributed by atoms with Crippen LogP contribution in [0.2, 0.25) is 0 Å². The van der Waals surface area contributed by atoms with E-state index in [0.717, 1.165) is 65.1 Å². The second-order valence-corrected chi connectivity index (χ2v) is 4.79. The van der Waals surface area contributed by atoms with Gasteiger partial charge in [-0.1, -0.05) is 0 Å². The topological polar surface area (TPSA) is 37.0 Å². The Kier molecular flexibility index (Phi) is 3.40. The van der Waals surface area contributed by atoms with Crippen LogP contribution in [-0.2, 0) is 9.47 Å². The Labute approximate surface area is 96.7 Å². The molecule has 0 spiro atoms. The summed E-state index contributed by atoms with van der Waals surface area (Å²) in [5.41, 5.74) is 0. The highest BCUT2D eigenvalue weighted by molar-refractivity contribution is 4.91. The third-order valence-corrected chi connectivity index (χ3v) is 3.77. The molecule has 1 N–H and O–H groups in total. The van der Waals surface area contributed by atoms with E-state index in [1.54, 1.807) is 0 Å². The molecule has 3 aliphatic heterocycles. The Hall–Kier alpha value is -0.200. The largest absolute Gasteiger partial charge is 0.379 e. The average Bonchev–Trinajstić information content (AvgIpc) is 2.30. The zero-order chi connectivity index (χ0) is 10.8. The van der Waals surface area contributed by atoms with Crippen molar-refractivity contribution in [3.8, 4) is 0 Å². The Balaban J connectivity index is 1.43. The van der Waals surface area contributed by atoms with Gasteiger partial charge in [0.05, 0.1) is 19.8 Å². The monoisotopic (exact) mass is 227 g/mol. The van der Waals surface area contributed by atoms with Crippen molar-refractivity contribution in [1.29, 1.82) is 0 Å². The molecule has 3 fully saturated rings. The molecule has 0 radical (unpaired) electrons. The van der Waals surface area contributed by atoms with E-state index < -0.39 is 0 Å². The van der Waals surface area contributed by atoms with Crippen molar-refractivity contribution in [1.82, 2.24) is 15.1 Å². The molecule has 0 bridgehead atoms. The van der Waals surface area contributed by atoms with Crippen molar-refractivity contribution < 1.29 is 9.47 Å². The number of rotatable bonds is 2. The lowest BCUT2D eigenvalue weighted by Gasteiger charge is -2.50. The molecule has 16 heavy (non-hydrogen) atoms. The molecule has 3 saturated heterocycles. The van der Waals surface area contributed by atoms with Crippen LogP contribution < -0.4 is 5.32 Å². The highest BCUT2D eigenvalue weighted by atomic mass is 16.5. The lowest BCUT2D eigenvalue weighted by molar-refractivity contribution is -0.133. The van der Waals surface area contributed by atoms with Crippen LogP contribution in [0, 0.1) is 0 Å². The maximum atomic E-state index is 5.74. The third kappa shape index (κ3) is 2.24. The minimum atomic E-state index is 0.311. The Bertz CT molecular complexity index is 199. The molecule has 3 rings (SSSR count). The molecule has 0 aromatic carbocycles. The second kappa shape index (κ2) is 4.98. The van der Waals surface area contributed by atoms with Gasteiger partial charge in [-0.15, -0.1) is 0 Å². The van der Waals surface area contributed by atoms with E-state index in [0.29, 0.717) is 6.23 Å².